The summed E-state index contributed by atoms with van der Waals surface area (Å²) in [6.45, 7) is 1.67. The Balaban J connectivity index is 1.87. The van der Waals surface area contributed by atoms with Gasteiger partial charge in [0.15, 0.2) is 11.6 Å². The van der Waals surface area contributed by atoms with Crippen LogP contribution in [0, 0.1) is 11.6 Å². The van der Waals surface area contributed by atoms with Gasteiger partial charge in [-0.15, -0.1) is 0 Å². The summed E-state index contributed by atoms with van der Waals surface area (Å²) < 4.78 is 55.1. The molecule has 170 valence electrons. The monoisotopic (exact) mass is 476 g/mol. The lowest BCUT2D eigenvalue weighted by molar-refractivity contribution is 0.101. The molecule has 2 heterocycles. The Morgan fingerprint density at radius 3 is 2.71 bits per heavy atom. The first-order chi connectivity index (χ1) is 14.6. The summed E-state index contributed by atoms with van der Waals surface area (Å²) in [6.07, 6.45) is 2.23. The lowest BCUT2D eigenvalue weighted by Gasteiger charge is -2.19. The van der Waals surface area contributed by atoms with Gasteiger partial charge in [-0.2, -0.15) is 0 Å². The van der Waals surface area contributed by atoms with E-state index in [1.807, 2.05) is 0 Å². The molecular formula is C19H23ClF2N4O4S. The highest BCUT2D eigenvalue weighted by molar-refractivity contribution is 7.89. The van der Waals surface area contributed by atoms with E-state index < -0.39 is 39.5 Å². The molecule has 0 fully saturated rings. The molecule has 31 heavy (non-hydrogen) atoms. The molecule has 12 heteroatoms. The van der Waals surface area contributed by atoms with Crippen LogP contribution in [0.2, 0.25) is 5.02 Å². The number of benzene rings is 1. The zero-order valence-corrected chi connectivity index (χ0v) is 18.3. The number of anilines is 2. The van der Waals surface area contributed by atoms with Crippen LogP contribution in [0.1, 0.15) is 35.9 Å². The molecule has 1 atom stereocenters. The van der Waals surface area contributed by atoms with Crippen LogP contribution in [-0.4, -0.2) is 42.5 Å². The summed E-state index contributed by atoms with van der Waals surface area (Å²) in [6, 6.07) is 2.34. The van der Waals surface area contributed by atoms with Gasteiger partial charge in [-0.05, 0) is 38.3 Å². The number of halogens is 3. The predicted molar refractivity (Wildman–Crippen MR) is 114 cm³/mol. The van der Waals surface area contributed by atoms with Crippen LogP contribution in [0.25, 0.3) is 0 Å². The summed E-state index contributed by atoms with van der Waals surface area (Å²) in [5.74, 6) is -3.26. The zero-order valence-electron chi connectivity index (χ0n) is 16.7. The Hall–Kier alpha value is -2.21. The van der Waals surface area contributed by atoms with Crippen molar-refractivity contribution in [1.29, 1.82) is 0 Å². The summed E-state index contributed by atoms with van der Waals surface area (Å²) in [4.78, 5) is 12.9. The van der Waals surface area contributed by atoms with Crippen LogP contribution in [-0.2, 0) is 23.0 Å². The molecule has 0 bridgehead atoms. The van der Waals surface area contributed by atoms with Crippen molar-refractivity contribution < 1.29 is 27.1 Å². The van der Waals surface area contributed by atoms with Gasteiger partial charge < -0.3 is 20.3 Å². The van der Waals surface area contributed by atoms with Crippen LogP contribution < -0.4 is 15.4 Å². The van der Waals surface area contributed by atoms with Gasteiger partial charge >= 0.3 is 0 Å². The quantitative estimate of drug-likeness (QED) is 0.468. The maximum atomic E-state index is 13.5. The van der Waals surface area contributed by atoms with E-state index in [2.05, 4.69) is 15.4 Å². The van der Waals surface area contributed by atoms with E-state index in [-0.39, 0.29) is 23.0 Å². The summed E-state index contributed by atoms with van der Waals surface area (Å²) in [7, 11) is -3.77. The molecule has 8 nitrogen and oxygen atoms in total. The van der Waals surface area contributed by atoms with Crippen molar-refractivity contribution >= 4 is 38.9 Å². The number of sulfonamides is 1. The average Bonchev–Trinajstić information content (AvgIpc) is 3.00. The standard InChI is InChI=1S/C19H23ClF2N4O4S/c1-11(9-27)25-31(29,30)10-23-17-15-4-2-3-7-26(15)18(16(17)20)19(28)24-12-5-6-13(21)14(22)8-12/h5-6,8,11,23,25,27H,2-4,7,9-10H2,1H3,(H,24,28). The molecule has 0 aliphatic carbocycles. The minimum atomic E-state index is -3.77. The van der Waals surface area contributed by atoms with Gasteiger partial charge in [-0.1, -0.05) is 11.6 Å². The smallest absolute Gasteiger partial charge is 0.273 e. The van der Waals surface area contributed by atoms with E-state index in [1.165, 1.54) is 13.0 Å². The summed E-state index contributed by atoms with van der Waals surface area (Å²) >= 11 is 6.47. The first-order valence-electron chi connectivity index (χ1n) is 9.65. The highest BCUT2D eigenvalue weighted by atomic mass is 35.5. The van der Waals surface area contributed by atoms with Crippen molar-refractivity contribution in [3.05, 3.63) is 46.2 Å². The molecule has 0 saturated carbocycles. The van der Waals surface area contributed by atoms with Crippen LogP contribution >= 0.6 is 11.6 Å². The molecule has 1 aromatic carbocycles. The number of hydrogen-bond donors (Lipinski definition) is 4. The number of rotatable bonds is 8. The Morgan fingerprint density at radius 1 is 1.29 bits per heavy atom. The molecule has 1 unspecified atom stereocenters. The summed E-state index contributed by atoms with van der Waals surface area (Å²) in [5.41, 5.74) is 1.19. The highest BCUT2D eigenvalue weighted by Crippen LogP contribution is 2.37. The lowest BCUT2D eigenvalue weighted by atomic mass is 10.1. The second-order valence-electron chi connectivity index (χ2n) is 7.31. The fourth-order valence-electron chi connectivity index (χ4n) is 3.42. The van der Waals surface area contributed by atoms with Gasteiger partial charge in [0.25, 0.3) is 5.91 Å². The second-order valence-corrected chi connectivity index (χ2v) is 9.45. The zero-order chi connectivity index (χ0) is 22.8. The van der Waals surface area contributed by atoms with Gasteiger partial charge in [0.05, 0.1) is 17.3 Å². The number of aromatic nitrogens is 1. The highest BCUT2D eigenvalue weighted by Gasteiger charge is 2.29. The van der Waals surface area contributed by atoms with Crippen LogP contribution in [0.3, 0.4) is 0 Å². The Kier molecular flexibility index (Phi) is 7.20. The van der Waals surface area contributed by atoms with Gasteiger partial charge in [-0.3, -0.25) is 4.79 Å². The molecule has 1 aliphatic heterocycles. The number of nitrogens with zero attached hydrogens (tertiary/aromatic N) is 1. The fourth-order valence-corrected chi connectivity index (χ4v) is 4.89. The predicted octanol–water partition coefficient (Wildman–Crippen LogP) is 2.68. The Morgan fingerprint density at radius 2 is 2.03 bits per heavy atom. The summed E-state index contributed by atoms with van der Waals surface area (Å²) in [5, 5.41) is 14.4. The van der Waals surface area contributed by atoms with Crippen LogP contribution in [0.5, 0.6) is 0 Å². The van der Waals surface area contributed by atoms with E-state index in [0.29, 0.717) is 24.3 Å². The van der Waals surface area contributed by atoms with E-state index >= 15 is 0 Å². The topological polar surface area (TPSA) is 112 Å². The molecule has 1 aliphatic rings. The number of fused-ring (bicyclic) bond motifs is 1. The maximum Gasteiger partial charge on any atom is 0.273 e. The largest absolute Gasteiger partial charge is 0.395 e. The molecular weight excluding hydrogens is 454 g/mol. The molecule has 0 radical (unpaired) electrons. The SMILES string of the molecule is CC(CO)NS(=O)(=O)CNc1c(Cl)c(C(=O)Nc2ccc(F)c(F)c2)n2c1CCCC2. The van der Waals surface area contributed by atoms with Crippen molar-refractivity contribution in [2.24, 2.45) is 0 Å². The van der Waals surface area contributed by atoms with E-state index in [1.54, 1.807) is 4.57 Å². The first kappa shape index (κ1) is 23.5. The van der Waals surface area contributed by atoms with E-state index in [0.717, 1.165) is 25.0 Å². The number of amides is 1. The van der Waals surface area contributed by atoms with Gasteiger partial charge in [0.2, 0.25) is 10.0 Å². The molecule has 0 spiro atoms. The molecule has 3 rings (SSSR count). The molecule has 2 aromatic rings. The number of aliphatic hydroxyl groups is 1. The molecule has 4 N–H and O–H groups in total. The first-order valence-corrected chi connectivity index (χ1v) is 11.7. The lowest BCUT2D eigenvalue weighted by Crippen LogP contribution is -2.38. The minimum absolute atomic E-state index is 0.0439. The van der Waals surface area contributed by atoms with Crippen LogP contribution in [0.15, 0.2) is 18.2 Å². The third kappa shape index (κ3) is 5.35. The van der Waals surface area contributed by atoms with E-state index in [4.69, 9.17) is 16.7 Å². The van der Waals surface area contributed by atoms with Crippen molar-refractivity contribution in [2.75, 3.05) is 23.1 Å². The fraction of sp³-hybridized carbons (Fsp3) is 0.421. The van der Waals surface area contributed by atoms with Gasteiger partial charge in [-0.25, -0.2) is 21.9 Å². The third-order valence-electron chi connectivity index (χ3n) is 4.84. The number of aliphatic hydroxyl groups excluding tert-OH is 1. The number of carbonyl (C=O) groups excluding carboxylic acids is 1. The molecule has 0 saturated heterocycles. The van der Waals surface area contributed by atoms with Crippen molar-refractivity contribution in [2.45, 2.75) is 38.8 Å². The average molecular weight is 477 g/mol. The number of nitrogens with one attached hydrogen (secondary N) is 3. The maximum absolute atomic E-state index is 13.5. The molecule has 1 amide bonds. The molecule has 1 aromatic heterocycles. The third-order valence-corrected chi connectivity index (χ3v) is 6.50. The normalized spacial score (nSPS) is 14.7. The van der Waals surface area contributed by atoms with Crippen LogP contribution in [0.4, 0.5) is 20.2 Å². The van der Waals surface area contributed by atoms with Gasteiger partial charge in [0, 0.05) is 30.0 Å². The van der Waals surface area contributed by atoms with Crippen molar-refractivity contribution in [1.82, 2.24) is 9.29 Å². The van der Waals surface area contributed by atoms with Gasteiger partial charge in [0.1, 0.15) is 11.6 Å². The van der Waals surface area contributed by atoms with Crippen molar-refractivity contribution in [3.8, 4) is 0 Å². The Bertz CT molecular complexity index is 1090. The van der Waals surface area contributed by atoms with Crippen molar-refractivity contribution in [3.63, 3.8) is 0 Å². The second kappa shape index (κ2) is 9.51. The van der Waals surface area contributed by atoms with E-state index in [9.17, 15) is 22.0 Å². The number of carbonyl (C=O) groups is 1. The minimum Gasteiger partial charge on any atom is -0.395 e. The Labute approximate surface area is 183 Å². The number of hydrogen-bond acceptors (Lipinski definition) is 5.